The predicted molar refractivity (Wildman–Crippen MR) is 73.9 cm³/mol. The van der Waals surface area contributed by atoms with E-state index in [4.69, 9.17) is 0 Å². The quantitative estimate of drug-likeness (QED) is 0.735. The minimum atomic E-state index is -0.333. The van der Waals surface area contributed by atoms with Crippen molar-refractivity contribution in [3.8, 4) is 11.1 Å². The predicted octanol–water partition coefficient (Wildman–Crippen LogP) is 4.18. The Balaban J connectivity index is 2.04. The summed E-state index contributed by atoms with van der Waals surface area (Å²) in [6.45, 7) is 0. The van der Waals surface area contributed by atoms with Crippen LogP contribution in [0.1, 0.15) is 34.3 Å². The summed E-state index contributed by atoms with van der Waals surface area (Å²) in [6, 6.07) is 10.8. The second-order valence-electron chi connectivity index (χ2n) is 5.05. The van der Waals surface area contributed by atoms with Gasteiger partial charge in [0.2, 0.25) is 0 Å². The fraction of sp³-hybridized carbons (Fsp3) is 0.235. The molecule has 0 aromatic heterocycles. The summed E-state index contributed by atoms with van der Waals surface area (Å²) in [5.74, 6) is -0.333. The van der Waals surface area contributed by atoms with Crippen molar-refractivity contribution in [1.82, 2.24) is 0 Å². The van der Waals surface area contributed by atoms with Gasteiger partial charge in [-0.25, -0.2) is 4.39 Å². The van der Waals surface area contributed by atoms with Crippen molar-refractivity contribution in [2.45, 2.75) is 25.7 Å². The van der Waals surface area contributed by atoms with Gasteiger partial charge in [-0.1, -0.05) is 30.3 Å². The molecule has 0 radical (unpaired) electrons. The topological polar surface area (TPSA) is 17.1 Å². The molecule has 2 aromatic carbocycles. The van der Waals surface area contributed by atoms with Gasteiger partial charge in [-0.05, 0) is 48.4 Å². The molecule has 0 bridgehead atoms. The molecule has 1 nitrogen and oxygen atoms in total. The molecule has 3 rings (SSSR count). The number of carbonyl (C=O) groups excluding carboxylic acids is 1. The monoisotopic (exact) mass is 254 g/mol. The molecule has 1 aliphatic carbocycles. The summed E-state index contributed by atoms with van der Waals surface area (Å²) in [6.07, 6.45) is 5.33. The van der Waals surface area contributed by atoms with Crippen molar-refractivity contribution in [3.05, 3.63) is 58.9 Å². The van der Waals surface area contributed by atoms with Crippen molar-refractivity contribution >= 4 is 6.29 Å². The number of hydrogen-bond acceptors (Lipinski definition) is 1. The standard InChI is InChI=1S/C17H15FO/c18-17-9-12(11-19)5-8-16(17)15-7-6-13-3-1-2-4-14(13)10-15/h5-11H,1-4H2. The van der Waals surface area contributed by atoms with Gasteiger partial charge in [0.1, 0.15) is 12.1 Å². The first-order valence-corrected chi connectivity index (χ1v) is 6.65. The Morgan fingerprint density at radius 3 is 2.47 bits per heavy atom. The van der Waals surface area contributed by atoms with Gasteiger partial charge in [-0.15, -0.1) is 0 Å². The first-order chi connectivity index (χ1) is 9.28. The highest BCUT2D eigenvalue weighted by Gasteiger charge is 2.12. The van der Waals surface area contributed by atoms with Crippen LogP contribution in [0.25, 0.3) is 11.1 Å². The maximum atomic E-state index is 14.0. The number of fused-ring (bicyclic) bond motifs is 1. The van der Waals surface area contributed by atoms with Gasteiger partial charge in [-0.3, -0.25) is 4.79 Å². The Bertz CT molecular complexity index is 631. The molecule has 0 saturated carbocycles. The molecule has 0 amide bonds. The summed E-state index contributed by atoms with van der Waals surface area (Å²) in [7, 11) is 0. The molecule has 19 heavy (non-hydrogen) atoms. The normalized spacial score (nSPS) is 13.9. The molecule has 0 spiro atoms. The SMILES string of the molecule is O=Cc1ccc(-c2ccc3c(c2)CCCC3)c(F)c1. The van der Waals surface area contributed by atoms with E-state index < -0.39 is 0 Å². The summed E-state index contributed by atoms with van der Waals surface area (Å²) in [4.78, 5) is 10.6. The van der Waals surface area contributed by atoms with Gasteiger partial charge < -0.3 is 0 Å². The van der Waals surface area contributed by atoms with Crippen LogP contribution in [0.5, 0.6) is 0 Å². The zero-order chi connectivity index (χ0) is 13.2. The van der Waals surface area contributed by atoms with E-state index in [2.05, 4.69) is 12.1 Å². The van der Waals surface area contributed by atoms with Crippen LogP contribution in [0.15, 0.2) is 36.4 Å². The molecular formula is C17H15FO. The lowest BCUT2D eigenvalue weighted by Crippen LogP contribution is -2.02. The Hall–Kier alpha value is -1.96. The van der Waals surface area contributed by atoms with Crippen molar-refractivity contribution in [2.75, 3.05) is 0 Å². The van der Waals surface area contributed by atoms with E-state index in [0.29, 0.717) is 17.4 Å². The minimum absolute atomic E-state index is 0.333. The summed E-state index contributed by atoms with van der Waals surface area (Å²) in [5.41, 5.74) is 4.57. The van der Waals surface area contributed by atoms with E-state index in [0.717, 1.165) is 18.4 Å². The fourth-order valence-electron chi connectivity index (χ4n) is 2.74. The number of aldehydes is 1. The first kappa shape index (κ1) is 12.1. The molecular weight excluding hydrogens is 239 g/mol. The molecule has 2 heteroatoms. The van der Waals surface area contributed by atoms with Crippen LogP contribution in [0.4, 0.5) is 4.39 Å². The Morgan fingerprint density at radius 1 is 0.947 bits per heavy atom. The summed E-state index contributed by atoms with van der Waals surface area (Å²) >= 11 is 0. The minimum Gasteiger partial charge on any atom is -0.298 e. The number of hydrogen-bond donors (Lipinski definition) is 0. The van der Waals surface area contributed by atoms with Crippen molar-refractivity contribution in [3.63, 3.8) is 0 Å². The van der Waals surface area contributed by atoms with Crippen LogP contribution in [0.2, 0.25) is 0 Å². The van der Waals surface area contributed by atoms with Crippen LogP contribution in [-0.4, -0.2) is 6.29 Å². The number of rotatable bonds is 2. The highest BCUT2D eigenvalue weighted by molar-refractivity contribution is 5.77. The molecule has 96 valence electrons. The highest BCUT2D eigenvalue weighted by Crippen LogP contribution is 2.29. The number of benzene rings is 2. The molecule has 0 heterocycles. The zero-order valence-corrected chi connectivity index (χ0v) is 10.7. The highest BCUT2D eigenvalue weighted by atomic mass is 19.1. The summed E-state index contributed by atoms with van der Waals surface area (Å²) in [5, 5.41) is 0. The van der Waals surface area contributed by atoms with E-state index in [-0.39, 0.29) is 5.82 Å². The second kappa shape index (κ2) is 4.96. The van der Waals surface area contributed by atoms with E-state index in [1.54, 1.807) is 12.1 Å². The zero-order valence-electron chi connectivity index (χ0n) is 10.7. The average Bonchev–Trinajstić information content (AvgIpc) is 2.46. The van der Waals surface area contributed by atoms with E-state index in [1.807, 2.05) is 6.07 Å². The first-order valence-electron chi connectivity index (χ1n) is 6.65. The van der Waals surface area contributed by atoms with Crippen molar-refractivity contribution in [1.29, 1.82) is 0 Å². The van der Waals surface area contributed by atoms with Gasteiger partial charge in [0.15, 0.2) is 0 Å². The van der Waals surface area contributed by atoms with Crippen molar-refractivity contribution < 1.29 is 9.18 Å². The molecule has 0 fully saturated rings. The van der Waals surface area contributed by atoms with Gasteiger partial charge in [0.05, 0.1) is 0 Å². The van der Waals surface area contributed by atoms with Crippen molar-refractivity contribution in [2.24, 2.45) is 0 Å². The molecule has 2 aromatic rings. The van der Waals surface area contributed by atoms with Crippen LogP contribution >= 0.6 is 0 Å². The molecule has 0 aliphatic heterocycles. The summed E-state index contributed by atoms with van der Waals surface area (Å²) < 4.78 is 14.0. The Kier molecular flexibility index (Phi) is 3.16. The van der Waals surface area contributed by atoms with Gasteiger partial charge in [-0.2, -0.15) is 0 Å². The lowest BCUT2D eigenvalue weighted by Gasteiger charge is -2.16. The lowest BCUT2D eigenvalue weighted by atomic mass is 9.89. The lowest BCUT2D eigenvalue weighted by molar-refractivity contribution is 0.112. The second-order valence-corrected chi connectivity index (χ2v) is 5.05. The fourth-order valence-corrected chi connectivity index (χ4v) is 2.74. The third-order valence-electron chi connectivity index (χ3n) is 3.79. The van der Waals surface area contributed by atoms with Crippen LogP contribution in [0, 0.1) is 5.82 Å². The van der Waals surface area contributed by atoms with Crippen LogP contribution < -0.4 is 0 Å². The molecule has 0 atom stereocenters. The Morgan fingerprint density at radius 2 is 1.74 bits per heavy atom. The van der Waals surface area contributed by atoms with Crippen LogP contribution in [-0.2, 0) is 12.8 Å². The number of halogens is 1. The maximum Gasteiger partial charge on any atom is 0.150 e. The largest absolute Gasteiger partial charge is 0.298 e. The van der Waals surface area contributed by atoms with E-state index >= 15 is 0 Å². The molecule has 0 N–H and O–H groups in total. The molecule has 0 saturated heterocycles. The van der Waals surface area contributed by atoms with E-state index in [1.165, 1.54) is 30.0 Å². The molecule has 0 unspecified atom stereocenters. The third kappa shape index (κ3) is 2.30. The smallest absolute Gasteiger partial charge is 0.150 e. The van der Waals surface area contributed by atoms with Crippen LogP contribution in [0.3, 0.4) is 0 Å². The number of carbonyl (C=O) groups is 1. The van der Waals surface area contributed by atoms with Gasteiger partial charge in [0, 0.05) is 11.1 Å². The average molecular weight is 254 g/mol. The van der Waals surface area contributed by atoms with Gasteiger partial charge in [0.25, 0.3) is 0 Å². The third-order valence-corrected chi connectivity index (χ3v) is 3.79. The maximum absolute atomic E-state index is 14.0. The molecule has 1 aliphatic rings. The van der Waals surface area contributed by atoms with Gasteiger partial charge >= 0.3 is 0 Å². The number of aryl methyl sites for hydroxylation is 2. The van der Waals surface area contributed by atoms with E-state index in [9.17, 15) is 9.18 Å². The Labute approximate surface area is 112 Å².